The van der Waals surface area contributed by atoms with E-state index in [9.17, 15) is 10.1 Å². The van der Waals surface area contributed by atoms with Crippen molar-refractivity contribution < 1.29 is 9.66 Å². The van der Waals surface area contributed by atoms with Gasteiger partial charge in [-0.2, -0.15) is 0 Å². The third-order valence-corrected chi connectivity index (χ3v) is 2.90. The lowest BCUT2D eigenvalue weighted by Gasteiger charge is -2.02. The van der Waals surface area contributed by atoms with Gasteiger partial charge in [-0.15, -0.1) is 5.10 Å². The molecule has 1 N–H and O–H groups in total. The van der Waals surface area contributed by atoms with E-state index in [4.69, 9.17) is 4.74 Å². The number of hydrogen-bond donors (Lipinski definition) is 1. The third kappa shape index (κ3) is 4.33. The van der Waals surface area contributed by atoms with Crippen LogP contribution in [0.2, 0.25) is 0 Å². The van der Waals surface area contributed by atoms with Gasteiger partial charge in [0, 0.05) is 26.3 Å². The molecule has 112 valence electrons. The van der Waals surface area contributed by atoms with Crippen LogP contribution in [0.25, 0.3) is 0 Å². The molecule has 0 atom stereocenters. The maximum absolute atomic E-state index is 11.0. The largest absolute Gasteiger partial charge is 0.383 e. The summed E-state index contributed by atoms with van der Waals surface area (Å²) in [5.41, 5.74) is 1.48. The first kappa shape index (κ1) is 15.1. The highest BCUT2D eigenvalue weighted by molar-refractivity contribution is 5.39. The second kappa shape index (κ2) is 7.46. The molecule has 0 aliphatic carbocycles. The van der Waals surface area contributed by atoms with Crippen molar-refractivity contribution in [1.29, 1.82) is 0 Å². The Kier molecular flexibility index (Phi) is 5.35. The van der Waals surface area contributed by atoms with Gasteiger partial charge < -0.3 is 10.1 Å². The standard InChI is InChI=1S/C13H17N5O3/c1-21-7-6-14-8-12-10-17(16-15-12)9-11-4-2-3-5-13(11)18(19)20/h2-5,10,14H,6-9H2,1H3. The SMILES string of the molecule is COCCNCc1cn(Cc2ccccc2[N+](=O)[O-])nn1. The van der Waals surface area contributed by atoms with Gasteiger partial charge in [-0.1, -0.05) is 23.4 Å². The lowest BCUT2D eigenvalue weighted by molar-refractivity contribution is -0.385. The first-order valence-corrected chi connectivity index (χ1v) is 6.51. The number of aromatic nitrogens is 3. The van der Waals surface area contributed by atoms with Crippen LogP contribution in [0.4, 0.5) is 5.69 Å². The van der Waals surface area contributed by atoms with Crippen molar-refractivity contribution in [3.63, 3.8) is 0 Å². The Balaban J connectivity index is 1.98. The Labute approximate surface area is 121 Å². The minimum Gasteiger partial charge on any atom is -0.383 e. The van der Waals surface area contributed by atoms with Crippen LogP contribution < -0.4 is 5.32 Å². The van der Waals surface area contributed by atoms with Crippen molar-refractivity contribution in [3.05, 3.63) is 51.8 Å². The summed E-state index contributed by atoms with van der Waals surface area (Å²) < 4.78 is 6.52. The van der Waals surface area contributed by atoms with Crippen LogP contribution in [-0.2, 0) is 17.8 Å². The van der Waals surface area contributed by atoms with Gasteiger partial charge >= 0.3 is 0 Å². The van der Waals surface area contributed by atoms with E-state index in [1.165, 1.54) is 6.07 Å². The Bertz CT molecular complexity index is 599. The molecule has 0 aliphatic rings. The zero-order valence-electron chi connectivity index (χ0n) is 11.7. The van der Waals surface area contributed by atoms with E-state index in [0.29, 0.717) is 25.3 Å². The number of ether oxygens (including phenoxy) is 1. The van der Waals surface area contributed by atoms with Gasteiger partial charge in [0.1, 0.15) is 0 Å². The summed E-state index contributed by atoms with van der Waals surface area (Å²) in [7, 11) is 1.64. The summed E-state index contributed by atoms with van der Waals surface area (Å²) >= 11 is 0. The molecule has 1 heterocycles. The molecule has 0 saturated carbocycles. The number of methoxy groups -OCH3 is 1. The molecule has 0 spiro atoms. The van der Waals surface area contributed by atoms with E-state index in [1.54, 1.807) is 36.2 Å². The van der Waals surface area contributed by atoms with E-state index in [1.807, 2.05) is 0 Å². The summed E-state index contributed by atoms with van der Waals surface area (Å²) in [4.78, 5) is 10.6. The van der Waals surface area contributed by atoms with Gasteiger partial charge in [0.2, 0.25) is 0 Å². The molecule has 1 aromatic heterocycles. The molecule has 1 aromatic carbocycles. The molecular formula is C13H17N5O3. The molecule has 0 aliphatic heterocycles. The molecule has 0 radical (unpaired) electrons. The molecule has 21 heavy (non-hydrogen) atoms. The minimum atomic E-state index is -0.389. The number of rotatable bonds is 8. The third-order valence-electron chi connectivity index (χ3n) is 2.90. The molecule has 8 nitrogen and oxygen atoms in total. The average Bonchev–Trinajstić information content (AvgIpc) is 2.91. The maximum Gasteiger partial charge on any atom is 0.274 e. The second-order valence-electron chi connectivity index (χ2n) is 4.46. The summed E-state index contributed by atoms with van der Waals surface area (Å²) in [6, 6.07) is 6.62. The van der Waals surface area contributed by atoms with Gasteiger partial charge in [0.15, 0.2) is 0 Å². The molecule has 0 amide bonds. The van der Waals surface area contributed by atoms with Crippen molar-refractivity contribution in [2.75, 3.05) is 20.3 Å². The average molecular weight is 291 g/mol. The fraction of sp³-hybridized carbons (Fsp3) is 0.385. The van der Waals surface area contributed by atoms with E-state index < -0.39 is 0 Å². The van der Waals surface area contributed by atoms with Gasteiger partial charge in [-0.3, -0.25) is 10.1 Å². The summed E-state index contributed by atoms with van der Waals surface area (Å²) in [5, 5.41) is 22.1. The Hall–Kier alpha value is -2.32. The van der Waals surface area contributed by atoms with Gasteiger partial charge in [-0.25, -0.2) is 4.68 Å². The first-order chi connectivity index (χ1) is 10.2. The molecule has 2 aromatic rings. The molecule has 0 unspecified atom stereocenters. The molecule has 8 heteroatoms. The quantitative estimate of drug-likeness (QED) is 0.442. The number of nitro groups is 1. The summed E-state index contributed by atoms with van der Waals surface area (Å²) in [6.07, 6.45) is 1.77. The number of nitrogens with one attached hydrogen (secondary N) is 1. The number of nitrogens with zero attached hydrogens (tertiary/aromatic N) is 4. The van der Waals surface area contributed by atoms with Crippen LogP contribution in [-0.4, -0.2) is 40.2 Å². The predicted octanol–water partition coefficient (Wildman–Crippen LogP) is 0.971. The molecular weight excluding hydrogens is 274 g/mol. The topological polar surface area (TPSA) is 95.1 Å². The van der Waals surface area contributed by atoms with Crippen LogP contribution in [0, 0.1) is 10.1 Å². The number of benzene rings is 1. The van der Waals surface area contributed by atoms with E-state index in [0.717, 1.165) is 12.2 Å². The zero-order valence-corrected chi connectivity index (χ0v) is 11.7. The lowest BCUT2D eigenvalue weighted by Crippen LogP contribution is -2.18. The van der Waals surface area contributed by atoms with Crippen LogP contribution in [0.5, 0.6) is 0 Å². The van der Waals surface area contributed by atoms with Crippen molar-refractivity contribution in [3.8, 4) is 0 Å². The van der Waals surface area contributed by atoms with Gasteiger partial charge in [0.25, 0.3) is 5.69 Å². The molecule has 0 fully saturated rings. The van der Waals surface area contributed by atoms with Crippen molar-refractivity contribution in [1.82, 2.24) is 20.3 Å². The Morgan fingerprint density at radius 1 is 1.43 bits per heavy atom. The highest BCUT2D eigenvalue weighted by atomic mass is 16.6. The Morgan fingerprint density at radius 2 is 2.24 bits per heavy atom. The predicted molar refractivity (Wildman–Crippen MR) is 75.8 cm³/mol. The normalized spacial score (nSPS) is 10.7. The van der Waals surface area contributed by atoms with Gasteiger partial charge in [-0.05, 0) is 0 Å². The van der Waals surface area contributed by atoms with Crippen molar-refractivity contribution in [2.45, 2.75) is 13.1 Å². The van der Waals surface area contributed by atoms with Crippen LogP contribution in [0.15, 0.2) is 30.5 Å². The van der Waals surface area contributed by atoms with Crippen LogP contribution in [0.3, 0.4) is 0 Å². The van der Waals surface area contributed by atoms with E-state index >= 15 is 0 Å². The number of hydrogen-bond acceptors (Lipinski definition) is 6. The van der Waals surface area contributed by atoms with Gasteiger partial charge in [0.05, 0.1) is 35.5 Å². The van der Waals surface area contributed by atoms with E-state index in [-0.39, 0.29) is 10.6 Å². The summed E-state index contributed by atoms with van der Waals surface area (Å²) in [6.45, 7) is 2.26. The summed E-state index contributed by atoms with van der Waals surface area (Å²) in [5.74, 6) is 0. The maximum atomic E-state index is 11.0. The van der Waals surface area contributed by atoms with Crippen molar-refractivity contribution in [2.24, 2.45) is 0 Å². The fourth-order valence-electron chi connectivity index (χ4n) is 1.88. The smallest absolute Gasteiger partial charge is 0.274 e. The first-order valence-electron chi connectivity index (χ1n) is 6.51. The fourth-order valence-corrected chi connectivity index (χ4v) is 1.88. The monoisotopic (exact) mass is 291 g/mol. The van der Waals surface area contributed by atoms with Crippen LogP contribution >= 0.6 is 0 Å². The zero-order chi connectivity index (χ0) is 15.1. The highest BCUT2D eigenvalue weighted by Crippen LogP contribution is 2.18. The highest BCUT2D eigenvalue weighted by Gasteiger charge is 2.13. The Morgan fingerprint density at radius 3 is 3.00 bits per heavy atom. The van der Waals surface area contributed by atoms with Crippen molar-refractivity contribution >= 4 is 5.69 Å². The van der Waals surface area contributed by atoms with E-state index in [2.05, 4.69) is 15.6 Å². The molecule has 2 rings (SSSR count). The number of nitro benzene ring substituents is 1. The molecule has 0 bridgehead atoms. The minimum absolute atomic E-state index is 0.0905. The molecule has 0 saturated heterocycles. The lowest BCUT2D eigenvalue weighted by atomic mass is 10.2. The second-order valence-corrected chi connectivity index (χ2v) is 4.46. The van der Waals surface area contributed by atoms with Crippen LogP contribution in [0.1, 0.15) is 11.3 Å². The number of para-hydroxylation sites is 1.